The second-order valence-electron chi connectivity index (χ2n) is 4.41. The van der Waals surface area contributed by atoms with Crippen LogP contribution in [0.4, 0.5) is 6.01 Å². The molecule has 112 valence electrons. The van der Waals surface area contributed by atoms with E-state index < -0.39 is 0 Å². The van der Waals surface area contributed by atoms with Crippen molar-refractivity contribution in [3.8, 4) is 10.8 Å². The van der Waals surface area contributed by atoms with Crippen molar-refractivity contribution in [2.45, 2.75) is 13.8 Å². The van der Waals surface area contributed by atoms with E-state index in [4.69, 9.17) is 4.42 Å². The Labute approximate surface area is 138 Å². The molecule has 0 fully saturated rings. The maximum atomic E-state index is 12.1. The normalized spacial score (nSPS) is 10.7. The van der Waals surface area contributed by atoms with Crippen LogP contribution in [0.1, 0.15) is 21.1 Å². The molecule has 9 heteroatoms. The molecule has 0 unspecified atom stereocenters. The van der Waals surface area contributed by atoms with Crippen LogP contribution in [0, 0.1) is 13.8 Å². The first kappa shape index (κ1) is 14.8. The number of carbonyl (C=O) groups excluding carboxylic acids is 1. The number of amides is 1. The van der Waals surface area contributed by atoms with Gasteiger partial charge in [0.2, 0.25) is 0 Å². The van der Waals surface area contributed by atoms with Gasteiger partial charge in [0.05, 0.1) is 16.3 Å². The van der Waals surface area contributed by atoms with E-state index in [1.54, 1.807) is 12.3 Å². The number of rotatable bonds is 3. The molecule has 3 rings (SSSR count). The molecule has 0 bridgehead atoms. The smallest absolute Gasteiger partial charge is 0.322 e. The third-order valence-corrected chi connectivity index (χ3v) is 4.20. The number of carbonyl (C=O) groups is 1. The fourth-order valence-corrected chi connectivity index (χ4v) is 3.01. The fraction of sp³-hybridized carbons (Fsp3) is 0.154. The zero-order chi connectivity index (χ0) is 15.7. The molecule has 1 amide bonds. The van der Waals surface area contributed by atoms with Crippen LogP contribution in [0.25, 0.3) is 10.8 Å². The molecular weight excluding hydrogens is 370 g/mol. The maximum absolute atomic E-state index is 12.1. The minimum Gasteiger partial charge on any atom is -0.402 e. The summed E-state index contributed by atoms with van der Waals surface area (Å²) < 4.78 is 6.18. The molecular formula is C13H10BrN5O2S. The van der Waals surface area contributed by atoms with Crippen LogP contribution in [0.3, 0.4) is 0 Å². The van der Waals surface area contributed by atoms with Crippen molar-refractivity contribution >= 4 is 39.2 Å². The number of nitrogens with one attached hydrogen (secondary N) is 1. The fourth-order valence-electron chi connectivity index (χ4n) is 1.80. The van der Waals surface area contributed by atoms with Gasteiger partial charge in [-0.3, -0.25) is 15.1 Å². The summed E-state index contributed by atoms with van der Waals surface area (Å²) in [5.41, 5.74) is 1.21. The predicted molar refractivity (Wildman–Crippen MR) is 84.8 cm³/mol. The summed E-state index contributed by atoms with van der Waals surface area (Å²) in [4.78, 5) is 21.1. The molecule has 0 aliphatic carbocycles. The molecule has 0 aliphatic rings. The monoisotopic (exact) mass is 379 g/mol. The summed E-state index contributed by atoms with van der Waals surface area (Å²) in [6, 6.07) is 1.68. The van der Waals surface area contributed by atoms with Crippen LogP contribution in [0.2, 0.25) is 0 Å². The van der Waals surface area contributed by atoms with Crippen molar-refractivity contribution in [3.05, 3.63) is 39.2 Å². The van der Waals surface area contributed by atoms with Gasteiger partial charge < -0.3 is 4.42 Å². The molecule has 0 aliphatic heterocycles. The van der Waals surface area contributed by atoms with Gasteiger partial charge in [0.1, 0.15) is 4.88 Å². The number of aromatic nitrogens is 4. The van der Waals surface area contributed by atoms with Crippen molar-refractivity contribution in [3.63, 3.8) is 0 Å². The molecule has 0 saturated carbocycles. The van der Waals surface area contributed by atoms with Crippen molar-refractivity contribution < 1.29 is 9.21 Å². The van der Waals surface area contributed by atoms with E-state index >= 15 is 0 Å². The van der Waals surface area contributed by atoms with Gasteiger partial charge in [0, 0.05) is 16.9 Å². The first-order valence-corrected chi connectivity index (χ1v) is 7.83. The highest BCUT2D eigenvalue weighted by atomic mass is 79.9. The number of hydrogen-bond acceptors (Lipinski definition) is 7. The van der Waals surface area contributed by atoms with Gasteiger partial charge in [-0.15, -0.1) is 16.4 Å². The highest BCUT2D eigenvalue weighted by molar-refractivity contribution is 9.10. The number of hydrogen-bond donors (Lipinski definition) is 1. The average molecular weight is 380 g/mol. The number of halogens is 1. The molecule has 0 aromatic carbocycles. The van der Waals surface area contributed by atoms with E-state index in [0.717, 1.165) is 15.6 Å². The first-order chi connectivity index (χ1) is 10.5. The van der Waals surface area contributed by atoms with Crippen molar-refractivity contribution in [2.24, 2.45) is 0 Å². The SMILES string of the molecule is Cc1nc(C)c(-c2nnc(NC(=O)c3cncc(Br)c3)o2)s1. The zero-order valence-electron chi connectivity index (χ0n) is 11.6. The van der Waals surface area contributed by atoms with Gasteiger partial charge in [-0.05, 0) is 35.8 Å². The standard InChI is InChI=1S/C13H10BrN5O2S/c1-6-10(22-7(2)16-6)12-18-19-13(21-12)17-11(20)8-3-9(14)5-15-4-8/h3-5H,1-2H3,(H,17,19,20). The van der Waals surface area contributed by atoms with Crippen LogP contribution in [-0.2, 0) is 0 Å². The van der Waals surface area contributed by atoms with Crippen molar-refractivity contribution in [2.75, 3.05) is 5.32 Å². The molecule has 0 atom stereocenters. The van der Waals surface area contributed by atoms with E-state index in [0.29, 0.717) is 15.9 Å². The number of thiazole rings is 1. The Bertz CT molecular complexity index is 845. The molecule has 22 heavy (non-hydrogen) atoms. The topological polar surface area (TPSA) is 93.8 Å². The molecule has 0 saturated heterocycles. The van der Waals surface area contributed by atoms with Crippen molar-refractivity contribution in [1.29, 1.82) is 0 Å². The largest absolute Gasteiger partial charge is 0.402 e. The summed E-state index contributed by atoms with van der Waals surface area (Å²) in [5, 5.41) is 11.2. The van der Waals surface area contributed by atoms with Gasteiger partial charge in [0.15, 0.2) is 0 Å². The minimum absolute atomic E-state index is 0.0328. The van der Waals surface area contributed by atoms with Crippen LogP contribution in [0.15, 0.2) is 27.3 Å². The minimum atomic E-state index is -0.374. The molecule has 3 aromatic rings. The summed E-state index contributed by atoms with van der Waals surface area (Å²) in [5.74, 6) is -0.0352. The zero-order valence-corrected chi connectivity index (χ0v) is 14.0. The molecule has 1 N–H and O–H groups in total. The molecule has 7 nitrogen and oxygen atoms in total. The van der Waals surface area contributed by atoms with E-state index in [9.17, 15) is 4.79 Å². The number of pyridine rings is 1. The lowest BCUT2D eigenvalue weighted by Gasteiger charge is -2.00. The molecule has 3 aromatic heterocycles. The molecule has 0 spiro atoms. The van der Waals surface area contributed by atoms with Gasteiger partial charge in [-0.25, -0.2) is 4.98 Å². The van der Waals surface area contributed by atoms with Crippen LogP contribution in [0.5, 0.6) is 0 Å². The molecule has 3 heterocycles. The van der Waals surface area contributed by atoms with Crippen molar-refractivity contribution in [1.82, 2.24) is 20.2 Å². The summed E-state index contributed by atoms with van der Waals surface area (Å²) in [6.07, 6.45) is 3.05. The van der Waals surface area contributed by atoms with Crippen LogP contribution >= 0.6 is 27.3 Å². The van der Waals surface area contributed by atoms with Crippen LogP contribution < -0.4 is 5.32 Å². The third-order valence-electron chi connectivity index (χ3n) is 2.71. The highest BCUT2D eigenvalue weighted by Gasteiger charge is 2.16. The Morgan fingerprint density at radius 2 is 2.14 bits per heavy atom. The second kappa shape index (κ2) is 5.93. The van der Waals surface area contributed by atoms with Gasteiger partial charge in [-0.2, -0.15) is 0 Å². The Kier molecular flexibility index (Phi) is 3.99. The van der Waals surface area contributed by atoms with E-state index in [2.05, 4.69) is 41.4 Å². The first-order valence-electron chi connectivity index (χ1n) is 6.23. The number of anilines is 1. The summed E-state index contributed by atoms with van der Waals surface area (Å²) in [6.45, 7) is 3.77. The Hall–Kier alpha value is -2.13. The highest BCUT2D eigenvalue weighted by Crippen LogP contribution is 2.29. The average Bonchev–Trinajstić information content (AvgIpc) is 3.05. The van der Waals surface area contributed by atoms with Gasteiger partial charge in [0.25, 0.3) is 11.8 Å². The number of aryl methyl sites for hydroxylation is 2. The summed E-state index contributed by atoms with van der Waals surface area (Å²) in [7, 11) is 0. The lowest BCUT2D eigenvalue weighted by Crippen LogP contribution is -2.12. The maximum Gasteiger partial charge on any atom is 0.322 e. The summed E-state index contributed by atoms with van der Waals surface area (Å²) >= 11 is 4.72. The van der Waals surface area contributed by atoms with E-state index in [1.165, 1.54) is 17.5 Å². The quantitative estimate of drug-likeness (QED) is 0.750. The van der Waals surface area contributed by atoms with Gasteiger partial charge in [-0.1, -0.05) is 5.10 Å². The Morgan fingerprint density at radius 3 is 2.82 bits per heavy atom. The Morgan fingerprint density at radius 1 is 1.32 bits per heavy atom. The lowest BCUT2D eigenvalue weighted by atomic mass is 10.3. The predicted octanol–water partition coefficient (Wildman–Crippen LogP) is 3.22. The molecule has 0 radical (unpaired) electrons. The third kappa shape index (κ3) is 3.04. The van der Waals surface area contributed by atoms with Crippen LogP contribution in [-0.4, -0.2) is 26.1 Å². The van der Waals surface area contributed by atoms with Gasteiger partial charge >= 0.3 is 6.01 Å². The van der Waals surface area contributed by atoms with E-state index in [-0.39, 0.29) is 11.9 Å². The number of nitrogens with zero attached hydrogens (tertiary/aromatic N) is 4. The Balaban J connectivity index is 1.80. The van der Waals surface area contributed by atoms with E-state index in [1.807, 2.05) is 13.8 Å². The second-order valence-corrected chi connectivity index (χ2v) is 6.52. The lowest BCUT2D eigenvalue weighted by molar-refractivity contribution is 0.102.